The number of carbonyl (C=O) groups excluding carboxylic acids is 1. The van der Waals surface area contributed by atoms with E-state index in [0.717, 1.165) is 35.9 Å². The lowest BCUT2D eigenvalue weighted by atomic mass is 10.1. The van der Waals surface area contributed by atoms with E-state index in [1.807, 2.05) is 18.2 Å². The lowest BCUT2D eigenvalue weighted by Crippen LogP contribution is -2.35. The summed E-state index contributed by atoms with van der Waals surface area (Å²) in [4.78, 5) is 14.6. The number of amides is 1. The summed E-state index contributed by atoms with van der Waals surface area (Å²) in [5.74, 6) is 0.0873. The van der Waals surface area contributed by atoms with E-state index < -0.39 is 0 Å². The second-order valence-electron chi connectivity index (χ2n) is 5.61. The van der Waals surface area contributed by atoms with E-state index in [1.165, 1.54) is 24.8 Å². The average Bonchev–Trinajstić information content (AvgIpc) is 2.67. The smallest absolute Gasteiger partial charge is 0.237 e. The van der Waals surface area contributed by atoms with Gasteiger partial charge in [-0.25, -0.2) is 0 Å². The Morgan fingerprint density at radius 3 is 2.81 bits per heavy atom. The van der Waals surface area contributed by atoms with Crippen molar-refractivity contribution in [1.82, 2.24) is 4.90 Å². The van der Waals surface area contributed by atoms with Gasteiger partial charge in [0.05, 0.1) is 5.25 Å². The van der Waals surface area contributed by atoms with Crippen molar-refractivity contribution in [3.8, 4) is 0 Å². The predicted octanol–water partition coefficient (Wildman–Crippen LogP) is 3.44. The summed E-state index contributed by atoms with van der Waals surface area (Å²) in [5.41, 5.74) is 2.17. The Kier molecular flexibility index (Phi) is 4.80. The van der Waals surface area contributed by atoms with Gasteiger partial charge in [0.25, 0.3) is 0 Å². The van der Waals surface area contributed by atoms with Crippen molar-refractivity contribution in [3.05, 3.63) is 29.8 Å². The number of fused-ring (bicyclic) bond motifs is 1. The molecule has 21 heavy (non-hydrogen) atoms. The van der Waals surface area contributed by atoms with Crippen LogP contribution in [0.2, 0.25) is 0 Å². The number of piperidine rings is 1. The summed E-state index contributed by atoms with van der Waals surface area (Å²) in [5, 5.41) is 2.97. The van der Waals surface area contributed by atoms with Crippen molar-refractivity contribution in [2.45, 2.75) is 37.4 Å². The first kappa shape index (κ1) is 14.9. The maximum Gasteiger partial charge on any atom is 0.237 e. The number of hydrogen-bond donors (Lipinski definition) is 1. The molecule has 0 saturated carbocycles. The van der Waals surface area contributed by atoms with Gasteiger partial charge in [-0.05, 0) is 43.7 Å². The molecule has 0 aromatic heterocycles. The van der Waals surface area contributed by atoms with Gasteiger partial charge in [0.1, 0.15) is 4.32 Å². The fourth-order valence-electron chi connectivity index (χ4n) is 2.88. The summed E-state index contributed by atoms with van der Waals surface area (Å²) < 4.78 is 0.890. The van der Waals surface area contributed by atoms with Crippen molar-refractivity contribution in [2.24, 2.45) is 0 Å². The Balaban J connectivity index is 1.64. The molecule has 1 atom stereocenters. The number of nitrogens with zero attached hydrogens (tertiary/aromatic N) is 1. The van der Waals surface area contributed by atoms with Gasteiger partial charge < -0.3 is 10.2 Å². The van der Waals surface area contributed by atoms with Crippen LogP contribution in [-0.4, -0.2) is 33.5 Å². The van der Waals surface area contributed by atoms with Crippen LogP contribution in [0.3, 0.4) is 0 Å². The number of para-hydroxylation sites is 1. The van der Waals surface area contributed by atoms with Crippen molar-refractivity contribution in [1.29, 1.82) is 0 Å². The molecule has 3 rings (SSSR count). The topological polar surface area (TPSA) is 32.3 Å². The number of carbonyl (C=O) groups is 1. The van der Waals surface area contributed by atoms with Crippen LogP contribution in [0.15, 0.2) is 24.3 Å². The highest BCUT2D eigenvalue weighted by Gasteiger charge is 2.27. The molecule has 1 aromatic carbocycles. The van der Waals surface area contributed by atoms with Crippen LogP contribution >= 0.6 is 24.0 Å². The first-order valence-electron chi connectivity index (χ1n) is 7.58. The highest BCUT2D eigenvalue weighted by Crippen LogP contribution is 2.29. The van der Waals surface area contributed by atoms with Gasteiger partial charge in [-0.3, -0.25) is 4.79 Å². The Morgan fingerprint density at radius 1 is 1.24 bits per heavy atom. The van der Waals surface area contributed by atoms with E-state index in [9.17, 15) is 4.79 Å². The summed E-state index contributed by atoms with van der Waals surface area (Å²) in [6.45, 7) is 2.08. The third kappa shape index (κ3) is 3.58. The molecule has 3 nitrogen and oxygen atoms in total. The minimum absolute atomic E-state index is 0.0770. The highest BCUT2D eigenvalue weighted by molar-refractivity contribution is 8.23. The number of thiocarbonyl (C=S) groups is 1. The lowest BCUT2D eigenvalue weighted by molar-refractivity contribution is -0.115. The van der Waals surface area contributed by atoms with Crippen LogP contribution in [0.4, 0.5) is 5.69 Å². The monoisotopic (exact) mass is 320 g/mol. The first-order chi connectivity index (χ1) is 10.2. The van der Waals surface area contributed by atoms with Crippen molar-refractivity contribution >= 4 is 39.9 Å². The minimum atomic E-state index is -0.0770. The number of benzene rings is 1. The molecule has 1 N–H and O–H groups in total. The number of nitrogens with one attached hydrogen (secondary N) is 1. The second kappa shape index (κ2) is 6.79. The molecule has 1 saturated heterocycles. The quantitative estimate of drug-likeness (QED) is 0.803. The summed E-state index contributed by atoms with van der Waals surface area (Å²) in [7, 11) is 0. The normalized spacial score (nSPS) is 22.2. The Bertz CT molecular complexity index is 541. The zero-order chi connectivity index (χ0) is 14.7. The van der Waals surface area contributed by atoms with E-state index in [-0.39, 0.29) is 11.2 Å². The average molecular weight is 320 g/mol. The maximum absolute atomic E-state index is 12.4. The summed E-state index contributed by atoms with van der Waals surface area (Å²) >= 11 is 7.11. The third-order valence-electron chi connectivity index (χ3n) is 4.10. The van der Waals surface area contributed by atoms with Crippen molar-refractivity contribution < 1.29 is 4.79 Å². The predicted molar refractivity (Wildman–Crippen MR) is 92.8 cm³/mol. The van der Waals surface area contributed by atoms with E-state index in [4.69, 9.17) is 12.2 Å². The largest absolute Gasteiger partial charge is 0.358 e. The molecule has 0 spiro atoms. The molecule has 0 radical (unpaired) electrons. The van der Waals surface area contributed by atoms with Gasteiger partial charge >= 0.3 is 0 Å². The molecule has 112 valence electrons. The van der Waals surface area contributed by atoms with Crippen LogP contribution in [0.5, 0.6) is 0 Å². The molecule has 2 aliphatic rings. The fourth-order valence-corrected chi connectivity index (χ4v) is 4.38. The number of anilines is 1. The molecule has 0 bridgehead atoms. The van der Waals surface area contributed by atoms with Crippen LogP contribution in [-0.2, 0) is 11.2 Å². The zero-order valence-corrected chi connectivity index (χ0v) is 13.6. The highest BCUT2D eigenvalue weighted by atomic mass is 32.2. The molecule has 1 aromatic rings. The SMILES string of the molecule is O=C1Nc2ccccc2CC[C@@H]1SC(=S)N1CCCCC1. The van der Waals surface area contributed by atoms with Gasteiger partial charge in [-0.15, -0.1) is 0 Å². The van der Waals surface area contributed by atoms with Gasteiger partial charge in [-0.2, -0.15) is 0 Å². The summed E-state index contributed by atoms with van der Waals surface area (Å²) in [6, 6.07) is 8.05. The Hall–Kier alpha value is -1.07. The van der Waals surface area contributed by atoms with E-state index in [1.54, 1.807) is 11.8 Å². The number of aryl methyl sites for hydroxylation is 1. The molecule has 1 amide bonds. The Morgan fingerprint density at radius 2 is 2.00 bits per heavy atom. The Labute approximate surface area is 135 Å². The molecule has 2 heterocycles. The van der Waals surface area contributed by atoms with E-state index in [2.05, 4.69) is 16.3 Å². The molecule has 0 aliphatic carbocycles. The van der Waals surface area contributed by atoms with Crippen LogP contribution in [0.25, 0.3) is 0 Å². The molecular formula is C16H20N2OS2. The lowest BCUT2D eigenvalue weighted by Gasteiger charge is -2.29. The van der Waals surface area contributed by atoms with Crippen LogP contribution in [0.1, 0.15) is 31.2 Å². The molecule has 2 aliphatic heterocycles. The zero-order valence-electron chi connectivity index (χ0n) is 12.0. The molecule has 5 heteroatoms. The van der Waals surface area contributed by atoms with Gasteiger partial charge in [0, 0.05) is 18.8 Å². The molecule has 0 unspecified atom stereocenters. The number of thioether (sulfide) groups is 1. The van der Waals surface area contributed by atoms with Crippen LogP contribution in [0, 0.1) is 0 Å². The standard InChI is InChI=1S/C16H20N2OS2/c19-15-14(21-16(20)18-10-4-1-5-11-18)9-8-12-6-2-3-7-13(12)17-15/h2-3,6-7,14H,1,4-5,8-11H2,(H,17,19)/t14-/m0/s1. The molecular weight excluding hydrogens is 300 g/mol. The van der Waals surface area contributed by atoms with Gasteiger partial charge in [0.2, 0.25) is 5.91 Å². The van der Waals surface area contributed by atoms with Gasteiger partial charge in [-0.1, -0.05) is 42.2 Å². The fraction of sp³-hybridized carbons (Fsp3) is 0.500. The third-order valence-corrected chi connectivity index (χ3v) is 5.84. The second-order valence-corrected chi connectivity index (χ2v) is 7.44. The maximum atomic E-state index is 12.4. The number of likely N-dealkylation sites (tertiary alicyclic amines) is 1. The van der Waals surface area contributed by atoms with E-state index in [0.29, 0.717) is 0 Å². The number of hydrogen-bond acceptors (Lipinski definition) is 3. The summed E-state index contributed by atoms with van der Waals surface area (Å²) in [6.07, 6.45) is 5.49. The van der Waals surface area contributed by atoms with Gasteiger partial charge in [0.15, 0.2) is 0 Å². The minimum Gasteiger partial charge on any atom is -0.358 e. The van der Waals surface area contributed by atoms with Crippen LogP contribution < -0.4 is 5.32 Å². The van der Waals surface area contributed by atoms with Crippen molar-refractivity contribution in [2.75, 3.05) is 18.4 Å². The van der Waals surface area contributed by atoms with Crippen molar-refractivity contribution in [3.63, 3.8) is 0 Å². The molecule has 1 fully saturated rings. The number of rotatable bonds is 1. The first-order valence-corrected chi connectivity index (χ1v) is 8.87. The van der Waals surface area contributed by atoms with E-state index >= 15 is 0 Å².